The fourth-order valence-corrected chi connectivity index (χ4v) is 4.08. The zero-order valence-electron chi connectivity index (χ0n) is 11.2. The molecular formula is C15H22ClNS. The van der Waals surface area contributed by atoms with Crippen LogP contribution in [0.4, 0.5) is 0 Å². The van der Waals surface area contributed by atoms with Gasteiger partial charge in [-0.25, -0.2) is 0 Å². The predicted molar refractivity (Wildman–Crippen MR) is 81.8 cm³/mol. The van der Waals surface area contributed by atoms with E-state index in [-0.39, 0.29) is 0 Å². The molecule has 1 heterocycles. The topological polar surface area (TPSA) is 12.0 Å². The first-order valence-electron chi connectivity index (χ1n) is 6.62. The number of rotatable bonds is 6. The van der Waals surface area contributed by atoms with Crippen molar-refractivity contribution in [3.8, 4) is 0 Å². The molecule has 18 heavy (non-hydrogen) atoms. The number of fused-ring (bicyclic) bond motifs is 1. The maximum absolute atomic E-state index is 5.82. The number of alkyl halides is 1. The van der Waals surface area contributed by atoms with Gasteiger partial charge in [-0.2, -0.15) is 0 Å². The molecular weight excluding hydrogens is 262 g/mol. The van der Waals surface area contributed by atoms with Crippen LogP contribution in [0, 0.1) is 5.41 Å². The molecule has 1 nitrogen and oxygen atoms in total. The molecule has 0 aliphatic carbocycles. The van der Waals surface area contributed by atoms with Gasteiger partial charge < -0.3 is 5.32 Å². The standard InChI is InChI=1S/C15H22ClNS/c1-15(2,7-8-16)11-17-10-13-9-12-5-3-4-6-14(12)18-13/h3-6,13,17H,7-11H2,1-2H3. The van der Waals surface area contributed by atoms with E-state index in [2.05, 4.69) is 43.4 Å². The second-order valence-corrected chi connectivity index (χ2v) is 7.51. The third kappa shape index (κ3) is 3.91. The second-order valence-electron chi connectivity index (χ2n) is 5.79. The van der Waals surface area contributed by atoms with Gasteiger partial charge in [0.1, 0.15) is 0 Å². The van der Waals surface area contributed by atoms with Gasteiger partial charge in [0.2, 0.25) is 0 Å². The lowest BCUT2D eigenvalue weighted by atomic mass is 9.90. The van der Waals surface area contributed by atoms with Crippen LogP contribution in [0.5, 0.6) is 0 Å². The summed E-state index contributed by atoms with van der Waals surface area (Å²) >= 11 is 7.83. The van der Waals surface area contributed by atoms with Gasteiger partial charge in [-0.15, -0.1) is 23.4 Å². The third-order valence-electron chi connectivity index (χ3n) is 3.46. The molecule has 1 N–H and O–H groups in total. The molecule has 0 amide bonds. The molecule has 1 aromatic carbocycles. The first kappa shape index (κ1) is 14.2. The highest BCUT2D eigenvalue weighted by atomic mass is 35.5. The Balaban J connectivity index is 1.74. The van der Waals surface area contributed by atoms with Crippen LogP contribution in [0.1, 0.15) is 25.8 Å². The van der Waals surface area contributed by atoms with Crippen LogP contribution in [0.15, 0.2) is 29.2 Å². The van der Waals surface area contributed by atoms with Gasteiger partial charge in [-0.05, 0) is 29.9 Å². The average Bonchev–Trinajstić information content (AvgIpc) is 2.71. The second kappa shape index (κ2) is 6.31. The van der Waals surface area contributed by atoms with Crippen molar-refractivity contribution in [3.05, 3.63) is 29.8 Å². The minimum absolute atomic E-state index is 0.303. The van der Waals surface area contributed by atoms with Crippen molar-refractivity contribution in [2.75, 3.05) is 19.0 Å². The van der Waals surface area contributed by atoms with Crippen molar-refractivity contribution >= 4 is 23.4 Å². The van der Waals surface area contributed by atoms with Crippen LogP contribution in [0.2, 0.25) is 0 Å². The molecule has 0 spiro atoms. The summed E-state index contributed by atoms with van der Waals surface area (Å²) in [7, 11) is 0. The molecule has 1 aliphatic rings. The number of halogens is 1. The van der Waals surface area contributed by atoms with Crippen molar-refractivity contribution in [1.82, 2.24) is 5.32 Å². The lowest BCUT2D eigenvalue weighted by Crippen LogP contribution is -2.34. The summed E-state index contributed by atoms with van der Waals surface area (Å²) < 4.78 is 0. The normalized spacial score (nSPS) is 18.9. The highest BCUT2D eigenvalue weighted by molar-refractivity contribution is 8.00. The Bertz CT molecular complexity index is 367. The summed E-state index contributed by atoms with van der Waals surface area (Å²) in [6, 6.07) is 8.75. The summed E-state index contributed by atoms with van der Waals surface area (Å²) in [6.07, 6.45) is 2.27. The van der Waals surface area contributed by atoms with Crippen LogP contribution in [0.25, 0.3) is 0 Å². The van der Waals surface area contributed by atoms with E-state index >= 15 is 0 Å². The number of thioether (sulfide) groups is 1. The Labute approximate surface area is 120 Å². The quantitative estimate of drug-likeness (QED) is 0.794. The van der Waals surface area contributed by atoms with Gasteiger partial charge in [-0.1, -0.05) is 32.0 Å². The monoisotopic (exact) mass is 283 g/mol. The highest BCUT2D eigenvalue weighted by Gasteiger charge is 2.22. The lowest BCUT2D eigenvalue weighted by molar-refractivity contribution is 0.331. The smallest absolute Gasteiger partial charge is 0.0260 e. The van der Waals surface area contributed by atoms with Gasteiger partial charge in [-0.3, -0.25) is 0 Å². The number of nitrogens with one attached hydrogen (secondary N) is 1. The number of benzene rings is 1. The van der Waals surface area contributed by atoms with Crippen LogP contribution in [0.3, 0.4) is 0 Å². The molecule has 3 heteroatoms. The van der Waals surface area contributed by atoms with Crippen molar-refractivity contribution in [1.29, 1.82) is 0 Å². The molecule has 1 aliphatic heterocycles. The zero-order valence-corrected chi connectivity index (χ0v) is 12.8. The van der Waals surface area contributed by atoms with Gasteiger partial charge in [0, 0.05) is 29.1 Å². The van der Waals surface area contributed by atoms with E-state index in [1.807, 2.05) is 11.8 Å². The van der Waals surface area contributed by atoms with E-state index in [4.69, 9.17) is 11.6 Å². The molecule has 0 aromatic heterocycles. The molecule has 0 radical (unpaired) electrons. The van der Waals surface area contributed by atoms with Crippen molar-refractivity contribution in [3.63, 3.8) is 0 Å². The minimum atomic E-state index is 0.303. The lowest BCUT2D eigenvalue weighted by Gasteiger charge is -2.24. The van der Waals surface area contributed by atoms with E-state index in [9.17, 15) is 0 Å². The fourth-order valence-electron chi connectivity index (χ4n) is 2.28. The molecule has 1 unspecified atom stereocenters. The summed E-state index contributed by atoms with van der Waals surface area (Å²) in [5.41, 5.74) is 1.81. The van der Waals surface area contributed by atoms with E-state index in [0.717, 1.165) is 25.4 Å². The highest BCUT2D eigenvalue weighted by Crippen LogP contribution is 2.36. The predicted octanol–water partition coefficient (Wildman–Crippen LogP) is 3.95. The van der Waals surface area contributed by atoms with Gasteiger partial charge in [0.25, 0.3) is 0 Å². The van der Waals surface area contributed by atoms with E-state index in [0.29, 0.717) is 10.7 Å². The largest absolute Gasteiger partial charge is 0.315 e. The Kier molecular flexibility index (Phi) is 4.99. The first-order chi connectivity index (χ1) is 8.61. The molecule has 0 bridgehead atoms. The van der Waals surface area contributed by atoms with Crippen molar-refractivity contribution in [2.24, 2.45) is 5.41 Å². The third-order valence-corrected chi connectivity index (χ3v) is 4.97. The Morgan fingerprint density at radius 3 is 2.89 bits per heavy atom. The molecule has 0 saturated carbocycles. The molecule has 1 aromatic rings. The Hall–Kier alpha value is -0.180. The fraction of sp³-hybridized carbons (Fsp3) is 0.600. The summed E-state index contributed by atoms with van der Waals surface area (Å²) in [5.74, 6) is 0.748. The molecule has 2 rings (SSSR count). The van der Waals surface area contributed by atoms with Gasteiger partial charge >= 0.3 is 0 Å². The van der Waals surface area contributed by atoms with Crippen LogP contribution < -0.4 is 5.32 Å². The maximum Gasteiger partial charge on any atom is 0.0260 e. The van der Waals surface area contributed by atoms with E-state index < -0.39 is 0 Å². The van der Waals surface area contributed by atoms with Crippen molar-refractivity contribution < 1.29 is 0 Å². The summed E-state index contributed by atoms with van der Waals surface area (Å²) in [4.78, 5) is 1.46. The minimum Gasteiger partial charge on any atom is -0.315 e. The molecule has 0 saturated heterocycles. The summed E-state index contributed by atoms with van der Waals surface area (Å²) in [6.45, 7) is 6.69. The Morgan fingerprint density at radius 1 is 1.39 bits per heavy atom. The van der Waals surface area contributed by atoms with E-state index in [1.165, 1.54) is 16.9 Å². The number of hydrogen-bond acceptors (Lipinski definition) is 2. The zero-order chi connectivity index (χ0) is 13.0. The van der Waals surface area contributed by atoms with Crippen LogP contribution in [-0.2, 0) is 6.42 Å². The molecule has 1 atom stereocenters. The number of hydrogen-bond donors (Lipinski definition) is 1. The van der Waals surface area contributed by atoms with Crippen molar-refractivity contribution in [2.45, 2.75) is 36.8 Å². The maximum atomic E-state index is 5.82. The van der Waals surface area contributed by atoms with Crippen LogP contribution in [-0.4, -0.2) is 24.2 Å². The average molecular weight is 284 g/mol. The van der Waals surface area contributed by atoms with E-state index in [1.54, 1.807) is 0 Å². The Morgan fingerprint density at radius 2 is 2.17 bits per heavy atom. The van der Waals surface area contributed by atoms with Crippen LogP contribution >= 0.6 is 23.4 Å². The van der Waals surface area contributed by atoms with Gasteiger partial charge in [0.15, 0.2) is 0 Å². The molecule has 100 valence electrons. The summed E-state index contributed by atoms with van der Waals surface area (Å²) in [5, 5.41) is 4.30. The first-order valence-corrected chi connectivity index (χ1v) is 8.03. The molecule has 0 fully saturated rings. The SMILES string of the molecule is CC(C)(CCCl)CNCC1Cc2ccccc2S1. The van der Waals surface area contributed by atoms with Gasteiger partial charge in [0.05, 0.1) is 0 Å².